The van der Waals surface area contributed by atoms with Gasteiger partial charge in [0.25, 0.3) is 0 Å². The number of anilines is 2. The molecule has 2 aromatic rings. The van der Waals surface area contributed by atoms with Gasteiger partial charge in [-0.15, -0.1) is 0 Å². The van der Waals surface area contributed by atoms with E-state index in [4.69, 9.17) is 5.10 Å². The Morgan fingerprint density at radius 3 is 2.46 bits per heavy atom. The third-order valence-corrected chi connectivity index (χ3v) is 6.87. The van der Waals surface area contributed by atoms with Gasteiger partial charge >= 0.3 is 0 Å². The van der Waals surface area contributed by atoms with Crippen molar-refractivity contribution in [2.45, 2.75) is 45.8 Å². The van der Waals surface area contributed by atoms with Crippen molar-refractivity contribution < 1.29 is 0 Å². The maximum atomic E-state index is 4.89. The van der Waals surface area contributed by atoms with E-state index in [0.717, 1.165) is 37.5 Å². The van der Waals surface area contributed by atoms with Gasteiger partial charge in [-0.05, 0) is 62.6 Å². The molecular formula is C30H39N5. The minimum Gasteiger partial charge on any atom is -0.379 e. The van der Waals surface area contributed by atoms with Crippen LogP contribution in [-0.2, 0) is 6.54 Å². The van der Waals surface area contributed by atoms with Crippen LogP contribution in [0, 0.1) is 0 Å². The molecule has 2 aliphatic rings. The van der Waals surface area contributed by atoms with Gasteiger partial charge in [-0.25, -0.2) is 0 Å². The highest BCUT2D eigenvalue weighted by molar-refractivity contribution is 5.95. The molecule has 35 heavy (non-hydrogen) atoms. The molecule has 0 radical (unpaired) electrons. The van der Waals surface area contributed by atoms with Crippen molar-refractivity contribution in [1.29, 1.82) is 0 Å². The van der Waals surface area contributed by atoms with E-state index in [1.165, 1.54) is 22.5 Å². The molecule has 2 atom stereocenters. The molecule has 5 heteroatoms. The number of benzene rings is 2. The molecule has 0 saturated heterocycles. The minimum atomic E-state index is 0.166. The normalized spacial score (nSPS) is 19.3. The van der Waals surface area contributed by atoms with Gasteiger partial charge in [0.1, 0.15) is 0 Å². The number of hydrogen-bond donors (Lipinski definition) is 1. The van der Waals surface area contributed by atoms with Crippen molar-refractivity contribution in [3.8, 4) is 0 Å². The highest BCUT2D eigenvalue weighted by atomic mass is 15.4. The van der Waals surface area contributed by atoms with Crippen molar-refractivity contribution in [3.05, 3.63) is 89.7 Å². The van der Waals surface area contributed by atoms with Crippen LogP contribution in [0.4, 0.5) is 11.4 Å². The molecule has 1 heterocycles. The first-order chi connectivity index (χ1) is 17.0. The highest BCUT2D eigenvalue weighted by Crippen LogP contribution is 2.28. The molecule has 184 valence electrons. The molecule has 2 unspecified atom stereocenters. The Bertz CT molecular complexity index is 1110. The number of rotatable bonds is 9. The number of allylic oxidation sites excluding steroid dienone is 1. The molecule has 0 amide bonds. The number of hydrogen-bond acceptors (Lipinski definition) is 5. The Hall–Kier alpha value is -3.47. The van der Waals surface area contributed by atoms with Crippen LogP contribution >= 0.6 is 0 Å². The molecule has 0 saturated carbocycles. The van der Waals surface area contributed by atoms with Crippen LogP contribution in [0.5, 0.6) is 0 Å². The van der Waals surface area contributed by atoms with E-state index in [2.05, 4.69) is 122 Å². The first kappa shape index (κ1) is 24.6. The number of fused-ring (bicyclic) bond motifs is 1. The first-order valence-corrected chi connectivity index (χ1v) is 12.7. The van der Waals surface area contributed by atoms with Crippen molar-refractivity contribution in [3.63, 3.8) is 0 Å². The SMILES string of the molecule is CCN(CC)C1=CCC(Nc2ccc(CN(C)/N=C(\C)C3C=Cc4ccccc4N3C)cc2)C=C1. The number of likely N-dealkylation sites (N-methyl/N-ethyl adjacent to an activating group) is 2. The first-order valence-electron chi connectivity index (χ1n) is 12.7. The lowest BCUT2D eigenvalue weighted by Crippen LogP contribution is -2.38. The zero-order valence-corrected chi connectivity index (χ0v) is 21.8. The summed E-state index contributed by atoms with van der Waals surface area (Å²) in [5.41, 5.74) is 7.31. The van der Waals surface area contributed by atoms with E-state index in [9.17, 15) is 0 Å². The largest absolute Gasteiger partial charge is 0.379 e. The van der Waals surface area contributed by atoms with Crippen molar-refractivity contribution in [1.82, 2.24) is 9.91 Å². The Morgan fingerprint density at radius 1 is 1.03 bits per heavy atom. The van der Waals surface area contributed by atoms with Gasteiger partial charge < -0.3 is 15.1 Å². The van der Waals surface area contributed by atoms with Crippen LogP contribution < -0.4 is 10.2 Å². The molecule has 1 N–H and O–H groups in total. The Kier molecular flexibility index (Phi) is 7.96. The molecule has 0 fully saturated rings. The minimum absolute atomic E-state index is 0.166. The summed E-state index contributed by atoms with van der Waals surface area (Å²) in [4.78, 5) is 4.69. The predicted molar refractivity (Wildman–Crippen MR) is 151 cm³/mol. The lowest BCUT2D eigenvalue weighted by molar-refractivity contribution is 0.345. The average molecular weight is 470 g/mol. The van der Waals surface area contributed by atoms with Gasteiger partial charge in [-0.3, -0.25) is 5.01 Å². The maximum Gasteiger partial charge on any atom is 0.0873 e. The van der Waals surface area contributed by atoms with Crippen molar-refractivity contribution >= 4 is 23.2 Å². The maximum absolute atomic E-state index is 4.89. The van der Waals surface area contributed by atoms with Gasteiger partial charge in [-0.1, -0.05) is 54.6 Å². The molecule has 0 spiro atoms. The molecule has 1 aliphatic heterocycles. The summed E-state index contributed by atoms with van der Waals surface area (Å²) in [5, 5.41) is 10.6. The fourth-order valence-electron chi connectivity index (χ4n) is 4.93. The van der Waals surface area contributed by atoms with Crippen LogP contribution in [0.2, 0.25) is 0 Å². The monoisotopic (exact) mass is 469 g/mol. The van der Waals surface area contributed by atoms with Crippen molar-refractivity contribution in [2.24, 2.45) is 5.10 Å². The predicted octanol–water partition coefficient (Wildman–Crippen LogP) is 5.99. The van der Waals surface area contributed by atoms with E-state index in [0.29, 0.717) is 6.04 Å². The molecule has 2 aromatic carbocycles. The third kappa shape index (κ3) is 5.97. The zero-order valence-electron chi connectivity index (χ0n) is 21.8. The molecule has 4 rings (SSSR count). The van der Waals surface area contributed by atoms with Crippen LogP contribution in [0.1, 0.15) is 38.3 Å². The van der Waals surface area contributed by atoms with E-state index >= 15 is 0 Å². The summed E-state index contributed by atoms with van der Waals surface area (Å²) in [6.45, 7) is 9.39. The van der Waals surface area contributed by atoms with Gasteiger partial charge in [0, 0.05) is 50.3 Å². The Morgan fingerprint density at radius 2 is 1.77 bits per heavy atom. The topological polar surface area (TPSA) is 34.1 Å². The lowest BCUT2D eigenvalue weighted by atomic mass is 10.0. The Labute approximate surface area is 211 Å². The van der Waals surface area contributed by atoms with E-state index in [1.807, 2.05) is 12.1 Å². The number of nitrogens with zero attached hydrogens (tertiary/aromatic N) is 4. The summed E-state index contributed by atoms with van der Waals surface area (Å²) in [5.74, 6) is 0. The summed E-state index contributed by atoms with van der Waals surface area (Å²) >= 11 is 0. The molecule has 0 aromatic heterocycles. The number of hydrazone groups is 1. The van der Waals surface area contributed by atoms with Crippen LogP contribution in [-0.4, -0.2) is 54.9 Å². The quantitative estimate of drug-likeness (QED) is 0.361. The summed E-state index contributed by atoms with van der Waals surface area (Å²) in [7, 11) is 4.18. The molecule has 0 bridgehead atoms. The van der Waals surface area contributed by atoms with E-state index in [-0.39, 0.29) is 6.04 Å². The fourth-order valence-corrected chi connectivity index (χ4v) is 4.93. The molecule has 1 aliphatic carbocycles. The summed E-state index contributed by atoms with van der Waals surface area (Å²) in [6.07, 6.45) is 12.3. The average Bonchev–Trinajstić information content (AvgIpc) is 2.87. The van der Waals surface area contributed by atoms with Crippen molar-refractivity contribution in [2.75, 3.05) is 37.4 Å². The lowest BCUT2D eigenvalue weighted by Gasteiger charge is -2.32. The van der Waals surface area contributed by atoms with Gasteiger partial charge in [0.05, 0.1) is 18.3 Å². The van der Waals surface area contributed by atoms with Gasteiger partial charge in [0.15, 0.2) is 0 Å². The van der Waals surface area contributed by atoms with Crippen LogP contribution in [0.15, 0.2) is 83.6 Å². The number of nitrogens with one attached hydrogen (secondary N) is 1. The second-order valence-corrected chi connectivity index (χ2v) is 9.37. The molecule has 5 nitrogen and oxygen atoms in total. The second kappa shape index (κ2) is 11.3. The third-order valence-electron chi connectivity index (χ3n) is 6.87. The molecular weight excluding hydrogens is 430 g/mol. The van der Waals surface area contributed by atoms with Gasteiger partial charge in [-0.2, -0.15) is 5.10 Å². The standard InChI is InChI=1S/C30H39N5/c1-6-35(7-2)28-19-17-27(18-20-28)31-26-15-12-24(13-16-26)22-33(4)32-23(3)29-21-14-25-10-8-9-11-30(25)34(29)5/h8-17,19-21,27,29,31H,6-7,18,22H2,1-5H3/b32-23+. The number of para-hydroxylation sites is 1. The van der Waals surface area contributed by atoms with Gasteiger partial charge in [0.2, 0.25) is 0 Å². The smallest absolute Gasteiger partial charge is 0.0873 e. The van der Waals surface area contributed by atoms with E-state index in [1.54, 1.807) is 0 Å². The fraction of sp³-hybridized carbons (Fsp3) is 0.367. The second-order valence-electron chi connectivity index (χ2n) is 9.37. The van der Waals surface area contributed by atoms with Crippen LogP contribution in [0.25, 0.3) is 6.08 Å². The van der Waals surface area contributed by atoms with Crippen LogP contribution in [0.3, 0.4) is 0 Å². The summed E-state index contributed by atoms with van der Waals surface area (Å²) < 4.78 is 0. The van der Waals surface area contributed by atoms with E-state index < -0.39 is 0 Å². The summed E-state index contributed by atoms with van der Waals surface area (Å²) in [6, 6.07) is 17.7. The Balaban J connectivity index is 1.31. The zero-order chi connectivity index (χ0) is 24.8. The highest BCUT2D eigenvalue weighted by Gasteiger charge is 2.21.